The van der Waals surface area contributed by atoms with Crippen molar-refractivity contribution in [2.45, 2.75) is 51.9 Å². The molecule has 1 saturated heterocycles. The van der Waals surface area contributed by atoms with Crippen LogP contribution in [0, 0.1) is 18.3 Å². The number of benzene rings is 1. The lowest BCUT2D eigenvalue weighted by Crippen LogP contribution is -2.49. The third kappa shape index (κ3) is 5.47. The molecule has 2 rings (SSSR count). The van der Waals surface area contributed by atoms with E-state index in [9.17, 15) is 9.90 Å². The largest absolute Gasteiger partial charge is 0.444 e. The number of aliphatic hydroxyl groups excluding tert-OH is 1. The summed E-state index contributed by atoms with van der Waals surface area (Å²) in [5, 5.41) is 26.0. The van der Waals surface area contributed by atoms with Gasteiger partial charge in [-0.25, -0.2) is 4.79 Å². The van der Waals surface area contributed by atoms with Gasteiger partial charge < -0.3 is 25.4 Å². The van der Waals surface area contributed by atoms with E-state index in [0.29, 0.717) is 39.9 Å². The first-order valence-corrected chi connectivity index (χ1v) is 9.74. The molecule has 7 nitrogen and oxygen atoms in total. The smallest absolute Gasteiger partial charge is 0.410 e. The molecule has 0 aliphatic carbocycles. The molecular weight excluding hydrogens is 400 g/mol. The van der Waals surface area contributed by atoms with Gasteiger partial charge in [0.25, 0.3) is 0 Å². The number of amides is 1. The number of hydrogen-bond donors (Lipinski definition) is 3. The summed E-state index contributed by atoms with van der Waals surface area (Å²) >= 11 is 11.5. The Morgan fingerprint density at radius 2 is 2.18 bits per heavy atom. The molecule has 1 aromatic rings. The van der Waals surface area contributed by atoms with Gasteiger partial charge in [0.1, 0.15) is 11.7 Å². The maximum Gasteiger partial charge on any atom is 0.410 e. The maximum atomic E-state index is 12.4. The first-order valence-electron chi connectivity index (χ1n) is 8.95. The van der Waals surface area contributed by atoms with Gasteiger partial charge in [-0.2, -0.15) is 5.26 Å². The molecule has 0 bridgehead atoms. The third-order valence-corrected chi connectivity index (χ3v) is 5.10. The van der Waals surface area contributed by atoms with E-state index >= 15 is 0 Å². The maximum absolute atomic E-state index is 12.4. The van der Waals surface area contributed by atoms with E-state index in [1.807, 2.05) is 6.07 Å². The highest BCUT2D eigenvalue weighted by molar-refractivity contribution is 7.80. The lowest BCUT2D eigenvalue weighted by Gasteiger charge is -2.30. The van der Waals surface area contributed by atoms with Gasteiger partial charge in [-0.05, 0) is 64.0 Å². The third-order valence-electron chi connectivity index (χ3n) is 4.37. The molecule has 1 aromatic carbocycles. The van der Waals surface area contributed by atoms with Crippen LogP contribution in [0.25, 0.3) is 0 Å². The molecule has 1 aliphatic rings. The summed E-state index contributed by atoms with van der Waals surface area (Å²) in [4.78, 5) is 13.9. The Balaban J connectivity index is 1.98. The summed E-state index contributed by atoms with van der Waals surface area (Å²) in [6, 6.07) is 4.93. The summed E-state index contributed by atoms with van der Waals surface area (Å²) in [5.74, 6) is 0. The van der Waals surface area contributed by atoms with Gasteiger partial charge in [0.2, 0.25) is 0 Å². The number of ether oxygens (including phenoxy) is 1. The number of nitriles is 1. The van der Waals surface area contributed by atoms with Crippen LogP contribution in [0.2, 0.25) is 5.02 Å². The average Bonchev–Trinajstić information content (AvgIpc) is 2.97. The second-order valence-electron chi connectivity index (χ2n) is 7.64. The van der Waals surface area contributed by atoms with Gasteiger partial charge >= 0.3 is 6.09 Å². The second-order valence-corrected chi connectivity index (χ2v) is 8.43. The molecule has 1 heterocycles. The van der Waals surface area contributed by atoms with E-state index < -0.39 is 23.8 Å². The van der Waals surface area contributed by atoms with Gasteiger partial charge in [-0.15, -0.1) is 0 Å². The quantitative estimate of drug-likeness (QED) is 0.641. The number of nitrogens with zero attached hydrogens (tertiary/aromatic N) is 2. The number of likely N-dealkylation sites (tertiary alicyclic amines) is 1. The van der Waals surface area contributed by atoms with Crippen LogP contribution in [0.1, 0.15) is 38.3 Å². The summed E-state index contributed by atoms with van der Waals surface area (Å²) in [7, 11) is 0. The Morgan fingerprint density at radius 1 is 1.50 bits per heavy atom. The molecule has 0 radical (unpaired) electrons. The molecule has 3 N–H and O–H groups in total. The zero-order valence-corrected chi connectivity index (χ0v) is 17.9. The average molecular weight is 425 g/mol. The second kappa shape index (κ2) is 8.95. The van der Waals surface area contributed by atoms with Crippen molar-refractivity contribution in [2.24, 2.45) is 0 Å². The van der Waals surface area contributed by atoms with Crippen LogP contribution >= 0.6 is 23.8 Å². The Hall–Kier alpha value is -2.08. The molecule has 152 valence electrons. The normalized spacial score (nSPS) is 19.1. The molecule has 1 fully saturated rings. The highest BCUT2D eigenvalue weighted by atomic mass is 35.5. The van der Waals surface area contributed by atoms with Crippen molar-refractivity contribution in [2.75, 3.05) is 18.4 Å². The lowest BCUT2D eigenvalue weighted by molar-refractivity contribution is 0.0161. The molecule has 9 heteroatoms. The number of thiocarbonyl (C=S) groups is 1. The van der Waals surface area contributed by atoms with Crippen molar-refractivity contribution in [3.63, 3.8) is 0 Å². The highest BCUT2D eigenvalue weighted by Crippen LogP contribution is 2.27. The lowest BCUT2D eigenvalue weighted by atomic mass is 10.1. The fraction of sp³-hybridized carbons (Fsp3) is 0.526. The van der Waals surface area contributed by atoms with Gasteiger partial charge in [-0.3, -0.25) is 0 Å². The summed E-state index contributed by atoms with van der Waals surface area (Å²) in [6.45, 7) is 7.89. The topological polar surface area (TPSA) is 97.6 Å². The number of hydrogen-bond acceptors (Lipinski definition) is 5. The van der Waals surface area contributed by atoms with Crippen LogP contribution in [-0.4, -0.2) is 52.0 Å². The minimum Gasteiger partial charge on any atom is -0.444 e. The Morgan fingerprint density at radius 3 is 2.79 bits per heavy atom. The predicted octanol–water partition coefficient (Wildman–Crippen LogP) is 3.18. The number of aliphatic hydroxyl groups is 1. The molecular formula is C19H25ClN4O3S. The van der Waals surface area contributed by atoms with E-state index in [-0.39, 0.29) is 6.54 Å². The molecule has 0 aromatic heterocycles. The number of carbonyl (C=O) groups excluding carboxylic acids is 1. The fourth-order valence-electron chi connectivity index (χ4n) is 2.90. The van der Waals surface area contributed by atoms with Crippen LogP contribution in [-0.2, 0) is 4.74 Å². The number of nitrogens with one attached hydrogen (secondary N) is 2. The van der Waals surface area contributed by atoms with E-state index in [4.69, 9.17) is 33.8 Å². The Labute approximate surface area is 175 Å². The van der Waals surface area contributed by atoms with Crippen LogP contribution < -0.4 is 10.6 Å². The van der Waals surface area contributed by atoms with E-state index in [2.05, 4.69) is 10.6 Å². The van der Waals surface area contributed by atoms with Gasteiger partial charge in [-0.1, -0.05) is 11.6 Å². The van der Waals surface area contributed by atoms with Crippen LogP contribution in [0.5, 0.6) is 0 Å². The zero-order chi connectivity index (χ0) is 21.1. The zero-order valence-electron chi connectivity index (χ0n) is 16.4. The highest BCUT2D eigenvalue weighted by Gasteiger charge is 2.38. The summed E-state index contributed by atoms with van der Waals surface area (Å²) in [5.41, 5.74) is 1.18. The van der Waals surface area contributed by atoms with Crippen LogP contribution in [0.4, 0.5) is 10.5 Å². The fourth-order valence-corrected chi connectivity index (χ4v) is 3.30. The minimum atomic E-state index is -0.658. The summed E-state index contributed by atoms with van der Waals surface area (Å²) < 4.78 is 5.41. The molecule has 28 heavy (non-hydrogen) atoms. The van der Waals surface area contributed by atoms with E-state index in [0.717, 1.165) is 0 Å². The molecule has 1 unspecified atom stereocenters. The van der Waals surface area contributed by atoms with Crippen molar-refractivity contribution in [3.8, 4) is 6.07 Å². The van der Waals surface area contributed by atoms with Crippen LogP contribution in [0.15, 0.2) is 12.1 Å². The van der Waals surface area contributed by atoms with Gasteiger partial charge in [0, 0.05) is 18.8 Å². The van der Waals surface area contributed by atoms with E-state index in [1.54, 1.807) is 39.8 Å². The van der Waals surface area contributed by atoms with Crippen molar-refractivity contribution < 1.29 is 14.6 Å². The number of rotatable bonds is 3. The van der Waals surface area contributed by atoms with Crippen molar-refractivity contribution in [1.29, 1.82) is 5.26 Å². The van der Waals surface area contributed by atoms with Crippen LogP contribution in [0.3, 0.4) is 0 Å². The minimum absolute atomic E-state index is 0.273. The first kappa shape index (κ1) is 22.2. The Bertz CT molecular complexity index is 804. The first-order chi connectivity index (χ1) is 13.0. The van der Waals surface area contributed by atoms with Crippen molar-refractivity contribution in [3.05, 3.63) is 28.3 Å². The molecule has 1 amide bonds. The van der Waals surface area contributed by atoms with Crippen molar-refractivity contribution in [1.82, 2.24) is 10.2 Å². The molecule has 2 atom stereocenters. The van der Waals surface area contributed by atoms with Gasteiger partial charge in [0.05, 0.1) is 22.7 Å². The SMILES string of the molecule is Cc1c(NC(=S)NC[C@@H]2C(O)CCN2C(=O)OC(C)(C)C)ccc(C#N)c1Cl. The Kier molecular flexibility index (Phi) is 7.10. The monoisotopic (exact) mass is 424 g/mol. The number of carbonyl (C=O) groups is 1. The summed E-state index contributed by atoms with van der Waals surface area (Å²) in [6.07, 6.45) is -0.630. The standard InChI is InChI=1S/C19H25ClN4O3S/c1-11-13(6-5-12(9-21)16(11)20)23-17(28)22-10-14-15(25)7-8-24(14)18(26)27-19(2,3)4/h5-6,14-15,25H,7-8,10H2,1-4H3,(H2,22,23,28)/t14-,15?/m1/s1. The predicted molar refractivity (Wildman–Crippen MR) is 112 cm³/mol. The van der Waals surface area contributed by atoms with E-state index in [1.165, 1.54) is 4.90 Å². The molecule has 0 saturated carbocycles. The number of halogens is 1. The number of anilines is 1. The molecule has 0 spiro atoms. The van der Waals surface area contributed by atoms with Gasteiger partial charge in [0.15, 0.2) is 5.11 Å². The molecule has 1 aliphatic heterocycles. The van der Waals surface area contributed by atoms with Crippen molar-refractivity contribution >= 4 is 40.7 Å².